The lowest BCUT2D eigenvalue weighted by Crippen LogP contribution is -2.39. The normalized spacial score (nSPS) is 15.5. The topological polar surface area (TPSA) is 66.6 Å². The number of piperidine rings is 1. The average Bonchev–Trinajstić information content (AvgIpc) is 2.52. The van der Waals surface area contributed by atoms with Gasteiger partial charge in [0, 0.05) is 25.3 Å². The fraction of sp³-hybridized carbons (Fsp3) is 0.438. The molecule has 1 aliphatic rings. The highest BCUT2D eigenvalue weighted by atomic mass is 19.1. The molecule has 21 heavy (non-hydrogen) atoms. The summed E-state index contributed by atoms with van der Waals surface area (Å²) in [4.78, 5) is 13.9. The first-order chi connectivity index (χ1) is 10.2. The number of likely N-dealkylation sites (tertiary alicyclic amines) is 1. The van der Waals surface area contributed by atoms with E-state index in [-0.39, 0.29) is 30.5 Å². The van der Waals surface area contributed by atoms with Gasteiger partial charge in [0.25, 0.3) is 5.91 Å². The van der Waals surface area contributed by atoms with Gasteiger partial charge in [-0.1, -0.05) is 11.8 Å². The summed E-state index contributed by atoms with van der Waals surface area (Å²) in [6, 6.07) is 4.35. The van der Waals surface area contributed by atoms with Gasteiger partial charge in [-0.2, -0.15) is 0 Å². The summed E-state index contributed by atoms with van der Waals surface area (Å²) in [5.74, 6) is 4.76. The maximum Gasteiger partial charge on any atom is 0.256 e. The summed E-state index contributed by atoms with van der Waals surface area (Å²) in [6.45, 7) is 1.46. The minimum Gasteiger partial charge on any atom is -0.396 e. The zero-order chi connectivity index (χ0) is 15.2. The molecule has 2 rings (SSSR count). The second-order valence-electron chi connectivity index (χ2n) is 5.12. The van der Waals surface area contributed by atoms with Crippen LogP contribution in [-0.4, -0.2) is 42.2 Å². The van der Waals surface area contributed by atoms with E-state index >= 15 is 0 Å². The van der Waals surface area contributed by atoms with Gasteiger partial charge >= 0.3 is 0 Å². The van der Waals surface area contributed by atoms with E-state index in [1.165, 1.54) is 12.1 Å². The Bertz CT molecular complexity index is 569. The molecule has 0 bridgehead atoms. The van der Waals surface area contributed by atoms with Crippen molar-refractivity contribution in [1.82, 2.24) is 4.90 Å². The Kier molecular flexibility index (Phi) is 5.32. The van der Waals surface area contributed by atoms with E-state index < -0.39 is 5.82 Å². The van der Waals surface area contributed by atoms with Gasteiger partial charge in [-0.15, -0.1) is 0 Å². The molecule has 1 heterocycles. The molecule has 0 aliphatic carbocycles. The molecule has 112 valence electrons. The third-order valence-corrected chi connectivity index (χ3v) is 3.69. The quantitative estimate of drug-likeness (QED) is 0.798. The number of carbonyl (C=O) groups is 1. The highest BCUT2D eigenvalue weighted by molar-refractivity contribution is 5.94. The molecule has 1 amide bonds. The molecule has 1 aliphatic heterocycles. The largest absolute Gasteiger partial charge is 0.396 e. The van der Waals surface area contributed by atoms with Crippen LogP contribution < -0.4 is 5.73 Å². The van der Waals surface area contributed by atoms with Crippen molar-refractivity contribution in [2.24, 2.45) is 11.7 Å². The lowest BCUT2D eigenvalue weighted by molar-refractivity contribution is 0.0646. The van der Waals surface area contributed by atoms with E-state index in [4.69, 9.17) is 10.8 Å². The molecular weight excluding hydrogens is 271 g/mol. The van der Waals surface area contributed by atoms with Crippen LogP contribution in [0.25, 0.3) is 0 Å². The Morgan fingerprint density at radius 2 is 2.14 bits per heavy atom. The van der Waals surface area contributed by atoms with Gasteiger partial charge in [0.15, 0.2) is 0 Å². The van der Waals surface area contributed by atoms with Crippen LogP contribution in [-0.2, 0) is 0 Å². The first-order valence-corrected chi connectivity index (χ1v) is 7.04. The monoisotopic (exact) mass is 290 g/mol. The number of aliphatic hydroxyl groups excluding tert-OH is 1. The van der Waals surface area contributed by atoms with Gasteiger partial charge in [-0.25, -0.2) is 4.39 Å². The SMILES string of the molecule is NCC#Cc1ccc(C(=O)N2CCC(CO)CC2)c(F)c1. The van der Waals surface area contributed by atoms with Crippen molar-refractivity contribution in [1.29, 1.82) is 0 Å². The van der Waals surface area contributed by atoms with Gasteiger partial charge in [-0.3, -0.25) is 4.79 Å². The lowest BCUT2D eigenvalue weighted by Gasteiger charge is -2.31. The van der Waals surface area contributed by atoms with Crippen LogP contribution in [0.4, 0.5) is 4.39 Å². The smallest absolute Gasteiger partial charge is 0.256 e. The van der Waals surface area contributed by atoms with Gasteiger partial charge in [-0.05, 0) is 37.0 Å². The average molecular weight is 290 g/mol. The van der Waals surface area contributed by atoms with Crippen LogP contribution in [0.15, 0.2) is 18.2 Å². The molecule has 0 spiro atoms. The molecule has 1 saturated heterocycles. The predicted octanol–water partition coefficient (Wildman–Crippen LogP) is 0.980. The number of hydrogen-bond acceptors (Lipinski definition) is 3. The Hall–Kier alpha value is -1.90. The van der Waals surface area contributed by atoms with Gasteiger partial charge < -0.3 is 15.7 Å². The number of hydrogen-bond donors (Lipinski definition) is 2. The van der Waals surface area contributed by atoms with Crippen molar-refractivity contribution in [2.45, 2.75) is 12.8 Å². The van der Waals surface area contributed by atoms with Crippen LogP contribution in [0.5, 0.6) is 0 Å². The molecule has 0 atom stereocenters. The summed E-state index contributed by atoms with van der Waals surface area (Å²) in [6.07, 6.45) is 1.51. The van der Waals surface area contributed by atoms with Crippen molar-refractivity contribution < 1.29 is 14.3 Å². The van der Waals surface area contributed by atoms with E-state index in [0.29, 0.717) is 18.7 Å². The first kappa shape index (κ1) is 15.5. The van der Waals surface area contributed by atoms with Crippen molar-refractivity contribution in [3.05, 3.63) is 35.1 Å². The lowest BCUT2D eigenvalue weighted by atomic mass is 9.97. The second kappa shape index (κ2) is 7.21. The fourth-order valence-corrected chi connectivity index (χ4v) is 2.41. The maximum atomic E-state index is 14.0. The number of benzene rings is 1. The van der Waals surface area contributed by atoms with Crippen molar-refractivity contribution >= 4 is 5.91 Å². The molecule has 4 nitrogen and oxygen atoms in total. The molecule has 0 radical (unpaired) electrons. The summed E-state index contributed by atoms with van der Waals surface area (Å²) >= 11 is 0. The third-order valence-electron chi connectivity index (χ3n) is 3.69. The molecule has 1 aromatic carbocycles. The number of aliphatic hydroxyl groups is 1. The zero-order valence-electron chi connectivity index (χ0n) is 11.8. The minimum atomic E-state index is -0.562. The van der Waals surface area contributed by atoms with Gasteiger partial charge in [0.05, 0.1) is 12.1 Å². The summed E-state index contributed by atoms with van der Waals surface area (Å²) in [5.41, 5.74) is 5.84. The number of nitrogens with two attached hydrogens (primary N) is 1. The van der Waals surface area contributed by atoms with Crippen LogP contribution in [0.1, 0.15) is 28.8 Å². The molecule has 3 N–H and O–H groups in total. The highest BCUT2D eigenvalue weighted by Crippen LogP contribution is 2.20. The molecular formula is C16H19FN2O2. The van der Waals surface area contributed by atoms with E-state index in [9.17, 15) is 9.18 Å². The Morgan fingerprint density at radius 1 is 1.43 bits per heavy atom. The third kappa shape index (κ3) is 3.81. The second-order valence-corrected chi connectivity index (χ2v) is 5.12. The minimum absolute atomic E-state index is 0.0655. The summed E-state index contributed by atoms with van der Waals surface area (Å²) in [7, 11) is 0. The first-order valence-electron chi connectivity index (χ1n) is 7.04. The van der Waals surface area contributed by atoms with E-state index in [0.717, 1.165) is 12.8 Å². The zero-order valence-corrected chi connectivity index (χ0v) is 11.8. The Morgan fingerprint density at radius 3 is 2.71 bits per heavy atom. The molecule has 0 saturated carbocycles. The number of amides is 1. The van der Waals surface area contributed by atoms with E-state index in [1.807, 2.05) is 0 Å². The van der Waals surface area contributed by atoms with Crippen LogP contribution in [0.3, 0.4) is 0 Å². The van der Waals surface area contributed by atoms with Crippen molar-refractivity contribution in [3.8, 4) is 11.8 Å². The van der Waals surface area contributed by atoms with E-state index in [1.54, 1.807) is 11.0 Å². The molecule has 0 unspecified atom stereocenters. The summed E-state index contributed by atoms with van der Waals surface area (Å²) < 4.78 is 14.0. The Balaban J connectivity index is 2.09. The Labute approximate surface area is 123 Å². The summed E-state index contributed by atoms with van der Waals surface area (Å²) in [5, 5.41) is 9.09. The highest BCUT2D eigenvalue weighted by Gasteiger charge is 2.24. The number of halogens is 1. The number of carbonyl (C=O) groups excluding carboxylic acids is 1. The standard InChI is InChI=1S/C16H19FN2O2/c17-15-10-12(2-1-7-18)3-4-14(15)16(21)19-8-5-13(11-20)6-9-19/h3-4,10,13,20H,5-9,11,18H2. The van der Waals surface area contributed by atoms with Gasteiger partial charge in [0.1, 0.15) is 5.82 Å². The van der Waals surface area contributed by atoms with Crippen molar-refractivity contribution in [3.63, 3.8) is 0 Å². The number of rotatable bonds is 2. The number of nitrogens with zero attached hydrogens (tertiary/aromatic N) is 1. The fourth-order valence-electron chi connectivity index (χ4n) is 2.41. The molecule has 1 aromatic rings. The molecule has 5 heteroatoms. The van der Waals surface area contributed by atoms with Crippen molar-refractivity contribution in [2.75, 3.05) is 26.2 Å². The van der Waals surface area contributed by atoms with Gasteiger partial charge in [0.2, 0.25) is 0 Å². The molecule has 1 fully saturated rings. The molecule has 0 aromatic heterocycles. The van der Waals surface area contributed by atoms with E-state index in [2.05, 4.69) is 11.8 Å². The van der Waals surface area contributed by atoms with Crippen LogP contribution in [0.2, 0.25) is 0 Å². The predicted molar refractivity (Wildman–Crippen MR) is 78.0 cm³/mol. The maximum absolute atomic E-state index is 14.0. The van der Waals surface area contributed by atoms with Crippen LogP contribution in [0, 0.1) is 23.6 Å². The van der Waals surface area contributed by atoms with Crippen LogP contribution >= 0.6 is 0 Å².